The number of halogens is 2. The molecule has 98 valence electrons. The second kappa shape index (κ2) is 5.71. The van der Waals surface area contributed by atoms with E-state index in [2.05, 4.69) is 0 Å². The van der Waals surface area contributed by atoms with Gasteiger partial charge in [0.2, 0.25) is 0 Å². The molecular formula is C14H12ClFN2O. The normalized spacial score (nSPS) is 10.2. The van der Waals surface area contributed by atoms with Gasteiger partial charge in [-0.3, -0.25) is 5.41 Å². The third-order valence-corrected chi connectivity index (χ3v) is 2.81. The van der Waals surface area contributed by atoms with Crippen molar-refractivity contribution in [3.05, 3.63) is 64.4 Å². The van der Waals surface area contributed by atoms with Crippen LogP contribution in [0, 0.1) is 11.2 Å². The van der Waals surface area contributed by atoms with Crippen LogP contribution < -0.4 is 10.5 Å². The highest BCUT2D eigenvalue weighted by Crippen LogP contribution is 2.23. The van der Waals surface area contributed by atoms with Crippen LogP contribution in [0.1, 0.15) is 11.1 Å². The standard InChI is InChI=1S/C14H12ClFN2O/c15-10-5-6-13(11(7-10)14(17)18)19-8-9-3-1-2-4-12(9)16/h1-7H,8H2,(H3,17,18). The first-order valence-corrected chi connectivity index (χ1v) is 5.96. The van der Waals surface area contributed by atoms with E-state index in [4.69, 9.17) is 27.5 Å². The van der Waals surface area contributed by atoms with Crippen molar-refractivity contribution < 1.29 is 9.13 Å². The molecule has 0 unspecified atom stereocenters. The van der Waals surface area contributed by atoms with Gasteiger partial charge in [-0.1, -0.05) is 29.8 Å². The van der Waals surface area contributed by atoms with Crippen LogP contribution in [0.2, 0.25) is 5.02 Å². The molecule has 3 nitrogen and oxygen atoms in total. The zero-order chi connectivity index (χ0) is 13.8. The van der Waals surface area contributed by atoms with Crippen molar-refractivity contribution in [2.45, 2.75) is 6.61 Å². The highest BCUT2D eigenvalue weighted by molar-refractivity contribution is 6.31. The highest BCUT2D eigenvalue weighted by Gasteiger charge is 2.09. The number of hydrogen-bond acceptors (Lipinski definition) is 2. The molecule has 2 aromatic carbocycles. The summed E-state index contributed by atoms with van der Waals surface area (Å²) in [6, 6.07) is 11.1. The third kappa shape index (κ3) is 3.23. The second-order valence-corrected chi connectivity index (χ2v) is 4.37. The molecule has 0 saturated carbocycles. The van der Waals surface area contributed by atoms with Gasteiger partial charge in [0.25, 0.3) is 0 Å². The number of ether oxygens (including phenoxy) is 1. The molecule has 0 aliphatic heterocycles. The molecule has 5 heteroatoms. The molecule has 0 heterocycles. The minimum atomic E-state index is -0.333. The Morgan fingerprint density at radius 1 is 1.26 bits per heavy atom. The quantitative estimate of drug-likeness (QED) is 0.666. The minimum absolute atomic E-state index is 0.0641. The van der Waals surface area contributed by atoms with Gasteiger partial charge in [-0.2, -0.15) is 0 Å². The third-order valence-electron chi connectivity index (χ3n) is 2.57. The summed E-state index contributed by atoms with van der Waals surface area (Å²) in [5.74, 6) is -0.0768. The Morgan fingerprint density at radius 2 is 2.00 bits per heavy atom. The monoisotopic (exact) mass is 278 g/mol. The first kappa shape index (κ1) is 13.4. The summed E-state index contributed by atoms with van der Waals surface area (Å²) in [7, 11) is 0. The summed E-state index contributed by atoms with van der Waals surface area (Å²) < 4.78 is 18.9. The molecule has 2 aromatic rings. The van der Waals surface area contributed by atoms with Crippen molar-refractivity contribution in [1.29, 1.82) is 5.41 Å². The van der Waals surface area contributed by atoms with Gasteiger partial charge < -0.3 is 10.5 Å². The summed E-state index contributed by atoms with van der Waals surface area (Å²) in [4.78, 5) is 0. The zero-order valence-electron chi connectivity index (χ0n) is 9.99. The van der Waals surface area contributed by atoms with E-state index in [9.17, 15) is 4.39 Å². The predicted molar refractivity (Wildman–Crippen MR) is 73.2 cm³/mol. The topological polar surface area (TPSA) is 59.1 Å². The first-order valence-electron chi connectivity index (χ1n) is 5.58. The fourth-order valence-electron chi connectivity index (χ4n) is 1.61. The smallest absolute Gasteiger partial charge is 0.130 e. The number of amidine groups is 1. The zero-order valence-corrected chi connectivity index (χ0v) is 10.7. The Labute approximate surface area is 115 Å². The molecule has 0 aliphatic rings. The van der Waals surface area contributed by atoms with E-state index in [1.807, 2.05) is 0 Å². The van der Waals surface area contributed by atoms with Gasteiger partial charge in [0.15, 0.2) is 0 Å². The molecule has 0 fully saturated rings. The summed E-state index contributed by atoms with van der Waals surface area (Å²) in [5.41, 5.74) is 6.28. The molecular weight excluding hydrogens is 267 g/mol. The van der Waals surface area contributed by atoms with Crippen LogP contribution in [0.15, 0.2) is 42.5 Å². The van der Waals surface area contributed by atoms with Crippen LogP contribution in [0.3, 0.4) is 0 Å². The summed E-state index contributed by atoms with van der Waals surface area (Å²) in [5, 5.41) is 7.92. The molecule has 19 heavy (non-hydrogen) atoms. The maximum absolute atomic E-state index is 13.4. The van der Waals surface area contributed by atoms with Crippen molar-refractivity contribution in [3.63, 3.8) is 0 Å². The van der Waals surface area contributed by atoms with Crippen molar-refractivity contribution >= 4 is 17.4 Å². The molecule has 3 N–H and O–H groups in total. The van der Waals surface area contributed by atoms with E-state index in [1.54, 1.807) is 36.4 Å². The molecule has 0 bridgehead atoms. The number of rotatable bonds is 4. The van der Waals surface area contributed by atoms with Gasteiger partial charge in [-0.05, 0) is 24.3 Å². The molecule has 0 spiro atoms. The Hall–Kier alpha value is -2.07. The second-order valence-electron chi connectivity index (χ2n) is 3.93. The van der Waals surface area contributed by atoms with Crippen molar-refractivity contribution in [1.82, 2.24) is 0 Å². The minimum Gasteiger partial charge on any atom is -0.488 e. The van der Waals surface area contributed by atoms with Gasteiger partial charge in [-0.15, -0.1) is 0 Å². The summed E-state index contributed by atoms with van der Waals surface area (Å²) in [6.07, 6.45) is 0. The number of hydrogen-bond donors (Lipinski definition) is 2. The van der Waals surface area contributed by atoms with E-state index < -0.39 is 0 Å². The lowest BCUT2D eigenvalue weighted by molar-refractivity contribution is 0.299. The fraction of sp³-hybridized carbons (Fsp3) is 0.0714. The van der Waals surface area contributed by atoms with E-state index in [-0.39, 0.29) is 18.3 Å². The van der Waals surface area contributed by atoms with Crippen LogP contribution in [0.25, 0.3) is 0 Å². The van der Waals surface area contributed by atoms with Crippen LogP contribution >= 0.6 is 11.6 Å². The van der Waals surface area contributed by atoms with Crippen LogP contribution in [0.4, 0.5) is 4.39 Å². The lowest BCUT2D eigenvalue weighted by Crippen LogP contribution is -2.13. The number of nitrogens with two attached hydrogens (primary N) is 1. The van der Waals surface area contributed by atoms with Gasteiger partial charge in [0.1, 0.15) is 24.0 Å². The molecule has 0 aromatic heterocycles. The van der Waals surface area contributed by atoms with Crippen LogP contribution in [0.5, 0.6) is 5.75 Å². The molecule has 0 radical (unpaired) electrons. The van der Waals surface area contributed by atoms with Gasteiger partial charge >= 0.3 is 0 Å². The largest absolute Gasteiger partial charge is 0.488 e. The Morgan fingerprint density at radius 3 is 2.68 bits per heavy atom. The number of nitrogens with one attached hydrogen (secondary N) is 1. The van der Waals surface area contributed by atoms with E-state index >= 15 is 0 Å². The summed E-state index contributed by atoms with van der Waals surface area (Å²) in [6.45, 7) is 0.0641. The molecule has 0 saturated heterocycles. The maximum atomic E-state index is 13.4. The number of benzene rings is 2. The maximum Gasteiger partial charge on any atom is 0.130 e. The fourth-order valence-corrected chi connectivity index (χ4v) is 1.78. The Kier molecular flexibility index (Phi) is 4.02. The average molecular weight is 279 g/mol. The number of nitrogen functional groups attached to an aromatic ring is 1. The Bertz CT molecular complexity index is 616. The van der Waals surface area contributed by atoms with Gasteiger partial charge in [0, 0.05) is 10.6 Å². The molecule has 0 aliphatic carbocycles. The van der Waals surface area contributed by atoms with Crippen molar-refractivity contribution in [3.8, 4) is 5.75 Å². The van der Waals surface area contributed by atoms with Gasteiger partial charge in [0.05, 0.1) is 5.56 Å². The summed E-state index contributed by atoms with van der Waals surface area (Å²) >= 11 is 5.84. The lowest BCUT2D eigenvalue weighted by atomic mass is 10.2. The Balaban J connectivity index is 2.20. The van der Waals surface area contributed by atoms with E-state index in [0.29, 0.717) is 21.9 Å². The lowest BCUT2D eigenvalue weighted by Gasteiger charge is -2.11. The van der Waals surface area contributed by atoms with Crippen molar-refractivity contribution in [2.75, 3.05) is 0 Å². The van der Waals surface area contributed by atoms with E-state index in [1.165, 1.54) is 6.07 Å². The molecule has 0 amide bonds. The van der Waals surface area contributed by atoms with Crippen LogP contribution in [-0.2, 0) is 6.61 Å². The SMILES string of the molecule is N=C(N)c1cc(Cl)ccc1OCc1ccccc1F. The van der Waals surface area contributed by atoms with E-state index in [0.717, 1.165) is 0 Å². The first-order chi connectivity index (χ1) is 9.08. The van der Waals surface area contributed by atoms with Crippen LogP contribution in [-0.4, -0.2) is 5.84 Å². The molecule has 0 atom stereocenters. The average Bonchev–Trinajstić information content (AvgIpc) is 2.38. The van der Waals surface area contributed by atoms with Crippen molar-refractivity contribution in [2.24, 2.45) is 5.73 Å². The predicted octanol–water partition coefficient (Wildman–Crippen LogP) is 3.34. The molecule has 2 rings (SSSR count). The highest BCUT2D eigenvalue weighted by atomic mass is 35.5. The van der Waals surface area contributed by atoms with Gasteiger partial charge in [-0.25, -0.2) is 4.39 Å².